The lowest BCUT2D eigenvalue weighted by Crippen LogP contribution is -2.42. The quantitative estimate of drug-likeness (QED) is 0.652. The van der Waals surface area contributed by atoms with E-state index in [1.807, 2.05) is 0 Å². The van der Waals surface area contributed by atoms with Gasteiger partial charge in [-0.1, -0.05) is 6.92 Å². The van der Waals surface area contributed by atoms with Crippen molar-refractivity contribution in [3.8, 4) is 0 Å². The van der Waals surface area contributed by atoms with Crippen molar-refractivity contribution in [2.45, 2.75) is 58.2 Å². The highest BCUT2D eigenvalue weighted by Gasteiger charge is 2.22. The minimum atomic E-state index is 0.345. The summed E-state index contributed by atoms with van der Waals surface area (Å²) < 4.78 is 5.58. The largest absolute Gasteiger partial charge is 0.377 e. The zero-order valence-electron chi connectivity index (χ0n) is 11.3. The fraction of sp³-hybridized carbons (Fsp3) is 1.00. The van der Waals surface area contributed by atoms with Crippen LogP contribution in [0.2, 0.25) is 0 Å². The predicted molar refractivity (Wildman–Crippen MR) is 68.8 cm³/mol. The van der Waals surface area contributed by atoms with Crippen LogP contribution >= 0.6 is 0 Å². The van der Waals surface area contributed by atoms with Crippen molar-refractivity contribution in [1.82, 2.24) is 10.2 Å². The number of rotatable bonds is 9. The van der Waals surface area contributed by atoms with Crippen LogP contribution in [0.1, 0.15) is 40.0 Å². The number of hydrogen-bond donors (Lipinski definition) is 1. The third-order valence-electron chi connectivity index (χ3n) is 3.21. The maximum absolute atomic E-state index is 5.58. The molecular formula is C13H28N2O. The molecule has 1 rings (SSSR count). The van der Waals surface area contributed by atoms with Crippen molar-refractivity contribution in [3.63, 3.8) is 0 Å². The SMILES string of the molecule is CCC(CNC1CC1)N(C)CCOC(C)C. The Hall–Kier alpha value is -0.120. The molecule has 1 unspecified atom stereocenters. The van der Waals surface area contributed by atoms with E-state index in [1.54, 1.807) is 0 Å². The summed E-state index contributed by atoms with van der Waals surface area (Å²) in [7, 11) is 2.20. The average Bonchev–Trinajstić information content (AvgIpc) is 3.02. The summed E-state index contributed by atoms with van der Waals surface area (Å²) in [4.78, 5) is 2.41. The Morgan fingerprint density at radius 3 is 2.56 bits per heavy atom. The standard InChI is InChI=1S/C13H28N2O/c1-5-13(10-14-12-6-7-12)15(4)8-9-16-11(2)3/h11-14H,5-10H2,1-4H3. The van der Waals surface area contributed by atoms with Gasteiger partial charge in [-0.25, -0.2) is 0 Å². The highest BCUT2D eigenvalue weighted by atomic mass is 16.5. The van der Waals surface area contributed by atoms with E-state index < -0.39 is 0 Å². The van der Waals surface area contributed by atoms with Gasteiger partial charge in [-0.05, 0) is 40.2 Å². The molecule has 0 aliphatic heterocycles. The van der Waals surface area contributed by atoms with Gasteiger partial charge in [-0.2, -0.15) is 0 Å². The van der Waals surface area contributed by atoms with Gasteiger partial charge in [0.1, 0.15) is 0 Å². The molecule has 1 N–H and O–H groups in total. The van der Waals surface area contributed by atoms with Crippen LogP contribution in [0.15, 0.2) is 0 Å². The lowest BCUT2D eigenvalue weighted by Gasteiger charge is -2.27. The second kappa shape index (κ2) is 7.25. The van der Waals surface area contributed by atoms with Crippen LogP contribution < -0.4 is 5.32 Å². The van der Waals surface area contributed by atoms with Crippen molar-refractivity contribution in [2.24, 2.45) is 0 Å². The van der Waals surface area contributed by atoms with Gasteiger partial charge in [0.25, 0.3) is 0 Å². The number of likely N-dealkylation sites (N-methyl/N-ethyl adjacent to an activating group) is 1. The topological polar surface area (TPSA) is 24.5 Å². The zero-order chi connectivity index (χ0) is 12.0. The van der Waals surface area contributed by atoms with Gasteiger partial charge in [-0.15, -0.1) is 0 Å². The molecular weight excluding hydrogens is 200 g/mol. The monoisotopic (exact) mass is 228 g/mol. The van der Waals surface area contributed by atoms with Gasteiger partial charge < -0.3 is 10.1 Å². The van der Waals surface area contributed by atoms with Gasteiger partial charge in [-0.3, -0.25) is 4.90 Å². The Morgan fingerprint density at radius 1 is 1.38 bits per heavy atom. The van der Waals surface area contributed by atoms with E-state index >= 15 is 0 Å². The first-order chi connectivity index (χ1) is 7.63. The molecule has 0 heterocycles. The van der Waals surface area contributed by atoms with Crippen molar-refractivity contribution in [3.05, 3.63) is 0 Å². The molecule has 0 saturated heterocycles. The molecule has 0 amide bonds. The maximum Gasteiger partial charge on any atom is 0.0596 e. The molecule has 1 saturated carbocycles. The number of ether oxygens (including phenoxy) is 1. The first-order valence-corrected chi connectivity index (χ1v) is 6.68. The number of nitrogens with one attached hydrogen (secondary N) is 1. The Balaban J connectivity index is 2.11. The molecule has 1 aliphatic rings. The molecule has 0 bridgehead atoms. The first kappa shape index (κ1) is 13.9. The number of hydrogen-bond acceptors (Lipinski definition) is 3. The highest BCUT2D eigenvalue weighted by molar-refractivity contribution is 4.83. The predicted octanol–water partition coefficient (Wildman–Crippen LogP) is 1.87. The van der Waals surface area contributed by atoms with Gasteiger partial charge in [0.05, 0.1) is 12.7 Å². The van der Waals surface area contributed by atoms with E-state index in [0.717, 1.165) is 25.7 Å². The summed E-state index contributed by atoms with van der Waals surface area (Å²) in [6.45, 7) is 9.44. The Morgan fingerprint density at radius 2 is 2.06 bits per heavy atom. The second-order valence-electron chi connectivity index (χ2n) is 5.14. The Bertz CT molecular complexity index is 181. The molecule has 0 aromatic heterocycles. The lowest BCUT2D eigenvalue weighted by atomic mass is 10.2. The van der Waals surface area contributed by atoms with Gasteiger partial charge in [0.2, 0.25) is 0 Å². The fourth-order valence-electron chi connectivity index (χ4n) is 1.82. The molecule has 3 nitrogen and oxygen atoms in total. The molecule has 16 heavy (non-hydrogen) atoms. The molecule has 0 radical (unpaired) electrons. The van der Waals surface area contributed by atoms with Gasteiger partial charge in [0, 0.05) is 25.2 Å². The van der Waals surface area contributed by atoms with Crippen LogP contribution in [0.5, 0.6) is 0 Å². The Labute approximate surface area is 101 Å². The van der Waals surface area contributed by atoms with Crippen LogP contribution in [0.3, 0.4) is 0 Å². The number of nitrogens with zero attached hydrogens (tertiary/aromatic N) is 1. The Kier molecular flexibility index (Phi) is 6.32. The molecule has 1 fully saturated rings. The van der Waals surface area contributed by atoms with Crippen LogP contribution in [0.25, 0.3) is 0 Å². The summed E-state index contributed by atoms with van der Waals surface area (Å²) in [5.74, 6) is 0. The van der Waals surface area contributed by atoms with Crippen molar-refractivity contribution < 1.29 is 4.74 Å². The molecule has 0 spiro atoms. The maximum atomic E-state index is 5.58. The second-order valence-corrected chi connectivity index (χ2v) is 5.14. The van der Waals surface area contributed by atoms with E-state index in [4.69, 9.17) is 4.74 Å². The van der Waals surface area contributed by atoms with Gasteiger partial charge >= 0.3 is 0 Å². The summed E-state index contributed by atoms with van der Waals surface area (Å²) in [5.41, 5.74) is 0. The smallest absolute Gasteiger partial charge is 0.0596 e. The third kappa shape index (κ3) is 5.83. The fourth-order valence-corrected chi connectivity index (χ4v) is 1.82. The van der Waals surface area contributed by atoms with Gasteiger partial charge in [0.15, 0.2) is 0 Å². The normalized spacial score (nSPS) is 18.4. The van der Waals surface area contributed by atoms with E-state index in [0.29, 0.717) is 12.1 Å². The molecule has 0 aromatic carbocycles. The summed E-state index contributed by atoms with van der Waals surface area (Å²) in [5, 5.41) is 3.61. The van der Waals surface area contributed by atoms with Crippen molar-refractivity contribution in [1.29, 1.82) is 0 Å². The van der Waals surface area contributed by atoms with Crippen molar-refractivity contribution >= 4 is 0 Å². The summed E-state index contributed by atoms with van der Waals surface area (Å²) in [6.07, 6.45) is 4.29. The van der Waals surface area contributed by atoms with E-state index in [1.165, 1.54) is 19.3 Å². The third-order valence-corrected chi connectivity index (χ3v) is 3.21. The van der Waals surface area contributed by atoms with Crippen LogP contribution in [0.4, 0.5) is 0 Å². The minimum Gasteiger partial charge on any atom is -0.377 e. The van der Waals surface area contributed by atoms with Crippen molar-refractivity contribution in [2.75, 3.05) is 26.7 Å². The van der Waals surface area contributed by atoms with E-state index in [9.17, 15) is 0 Å². The minimum absolute atomic E-state index is 0.345. The average molecular weight is 228 g/mol. The van der Waals surface area contributed by atoms with E-state index in [2.05, 4.69) is 38.0 Å². The van der Waals surface area contributed by atoms with Crippen LogP contribution in [-0.2, 0) is 4.74 Å². The van der Waals surface area contributed by atoms with Crippen LogP contribution in [0, 0.1) is 0 Å². The summed E-state index contributed by atoms with van der Waals surface area (Å²) >= 11 is 0. The molecule has 1 aliphatic carbocycles. The van der Waals surface area contributed by atoms with Crippen LogP contribution in [-0.4, -0.2) is 49.8 Å². The van der Waals surface area contributed by atoms with E-state index in [-0.39, 0.29) is 0 Å². The summed E-state index contributed by atoms with van der Waals surface area (Å²) in [6, 6.07) is 1.46. The molecule has 3 heteroatoms. The zero-order valence-corrected chi connectivity index (χ0v) is 11.3. The molecule has 96 valence electrons. The highest BCUT2D eigenvalue weighted by Crippen LogP contribution is 2.18. The molecule has 1 atom stereocenters. The molecule has 0 aromatic rings. The lowest BCUT2D eigenvalue weighted by molar-refractivity contribution is 0.0553. The first-order valence-electron chi connectivity index (χ1n) is 6.68.